The fourth-order valence-corrected chi connectivity index (χ4v) is 1.66. The van der Waals surface area contributed by atoms with Crippen molar-refractivity contribution in [3.05, 3.63) is 42.4 Å². The van der Waals surface area contributed by atoms with E-state index in [9.17, 15) is 0 Å². The monoisotopic (exact) mass is 257 g/mol. The molecule has 0 unspecified atom stereocenters. The van der Waals surface area contributed by atoms with Crippen LogP contribution in [0.25, 0.3) is 0 Å². The number of pyridine rings is 1. The van der Waals surface area contributed by atoms with Gasteiger partial charge >= 0.3 is 0 Å². The average Bonchev–Trinajstić information content (AvgIpc) is 2.47. The van der Waals surface area contributed by atoms with Gasteiger partial charge in [-0.25, -0.2) is 4.98 Å². The van der Waals surface area contributed by atoms with Gasteiger partial charge in [0, 0.05) is 31.7 Å². The van der Waals surface area contributed by atoms with Crippen LogP contribution >= 0.6 is 0 Å². The lowest BCUT2D eigenvalue weighted by atomic mass is 10.2. The quantitative estimate of drug-likeness (QED) is 0.797. The van der Waals surface area contributed by atoms with Crippen LogP contribution in [0.15, 0.2) is 36.8 Å². The Morgan fingerprint density at radius 1 is 1.00 bits per heavy atom. The normalized spacial score (nSPS) is 10.2. The number of aromatic nitrogens is 3. The number of hydrogen-bond acceptors (Lipinski definition) is 5. The number of anilines is 2. The molecule has 19 heavy (non-hydrogen) atoms. The number of rotatable bonds is 7. The highest BCUT2D eigenvalue weighted by Gasteiger charge is 1.98. The van der Waals surface area contributed by atoms with Crippen LogP contribution in [0.3, 0.4) is 0 Å². The van der Waals surface area contributed by atoms with Crippen LogP contribution in [0, 0.1) is 0 Å². The minimum absolute atomic E-state index is 0.662. The van der Waals surface area contributed by atoms with Crippen LogP contribution in [0.4, 0.5) is 11.8 Å². The van der Waals surface area contributed by atoms with E-state index in [1.807, 2.05) is 18.2 Å². The zero-order chi connectivity index (χ0) is 13.3. The highest BCUT2D eigenvalue weighted by atomic mass is 15.1. The second-order valence-electron chi connectivity index (χ2n) is 4.22. The molecule has 0 atom stereocenters. The molecule has 0 spiro atoms. The first-order valence-corrected chi connectivity index (χ1v) is 6.58. The molecule has 0 aliphatic carbocycles. The molecule has 0 fully saturated rings. The molecule has 0 aliphatic rings. The average molecular weight is 257 g/mol. The van der Waals surface area contributed by atoms with E-state index in [0.717, 1.165) is 31.7 Å². The van der Waals surface area contributed by atoms with Gasteiger partial charge < -0.3 is 10.6 Å². The summed E-state index contributed by atoms with van der Waals surface area (Å²) in [6.07, 6.45) is 7.38. The molecule has 0 radical (unpaired) electrons. The maximum absolute atomic E-state index is 4.40. The van der Waals surface area contributed by atoms with Gasteiger partial charge in [-0.05, 0) is 36.6 Å². The van der Waals surface area contributed by atoms with Crippen molar-refractivity contribution >= 4 is 11.8 Å². The zero-order valence-corrected chi connectivity index (χ0v) is 11.1. The van der Waals surface area contributed by atoms with Gasteiger partial charge in [0.05, 0.1) is 0 Å². The van der Waals surface area contributed by atoms with Crippen molar-refractivity contribution in [1.82, 2.24) is 15.0 Å². The summed E-state index contributed by atoms with van der Waals surface area (Å²) in [7, 11) is 0. The predicted molar refractivity (Wildman–Crippen MR) is 77.2 cm³/mol. The summed E-state index contributed by atoms with van der Waals surface area (Å²) in [4.78, 5) is 12.6. The van der Waals surface area contributed by atoms with E-state index in [4.69, 9.17) is 0 Å². The van der Waals surface area contributed by atoms with Gasteiger partial charge in [0.15, 0.2) is 0 Å². The molecule has 0 aromatic carbocycles. The summed E-state index contributed by atoms with van der Waals surface area (Å²) < 4.78 is 0. The summed E-state index contributed by atoms with van der Waals surface area (Å²) >= 11 is 0. The molecular formula is C14H19N5. The molecule has 2 aromatic rings. The largest absolute Gasteiger partial charge is 0.370 e. The van der Waals surface area contributed by atoms with Gasteiger partial charge in [0.25, 0.3) is 0 Å². The molecule has 2 heterocycles. The Morgan fingerprint density at radius 2 is 1.84 bits per heavy atom. The van der Waals surface area contributed by atoms with Crippen molar-refractivity contribution in [3.8, 4) is 0 Å². The summed E-state index contributed by atoms with van der Waals surface area (Å²) in [5.41, 5.74) is 1.25. The van der Waals surface area contributed by atoms with Crippen molar-refractivity contribution in [2.24, 2.45) is 0 Å². The Hall–Kier alpha value is -2.17. The highest BCUT2D eigenvalue weighted by molar-refractivity contribution is 5.39. The summed E-state index contributed by atoms with van der Waals surface area (Å²) in [6.45, 7) is 3.86. The van der Waals surface area contributed by atoms with Crippen molar-refractivity contribution in [2.45, 2.75) is 19.8 Å². The Morgan fingerprint density at radius 3 is 2.63 bits per heavy atom. The van der Waals surface area contributed by atoms with E-state index in [0.29, 0.717) is 5.95 Å². The maximum atomic E-state index is 4.40. The molecule has 5 nitrogen and oxygen atoms in total. The van der Waals surface area contributed by atoms with Crippen molar-refractivity contribution < 1.29 is 0 Å². The summed E-state index contributed by atoms with van der Waals surface area (Å²) in [5.74, 6) is 1.53. The van der Waals surface area contributed by atoms with Gasteiger partial charge in [-0.15, -0.1) is 0 Å². The second-order valence-corrected chi connectivity index (χ2v) is 4.22. The third-order valence-electron chi connectivity index (χ3n) is 2.66. The predicted octanol–water partition coefficient (Wildman–Crippen LogP) is 2.35. The molecule has 2 aromatic heterocycles. The fourth-order valence-electron chi connectivity index (χ4n) is 1.66. The Labute approximate surface area is 113 Å². The molecular weight excluding hydrogens is 238 g/mol. The van der Waals surface area contributed by atoms with Gasteiger partial charge in [-0.2, -0.15) is 4.98 Å². The van der Waals surface area contributed by atoms with Crippen LogP contribution in [-0.2, 0) is 6.42 Å². The van der Waals surface area contributed by atoms with E-state index in [1.54, 1.807) is 18.6 Å². The van der Waals surface area contributed by atoms with Gasteiger partial charge in [-0.1, -0.05) is 6.92 Å². The molecule has 0 amide bonds. The SMILES string of the molecule is CCCNc1ccnc(NCCc2ccncc2)n1. The minimum atomic E-state index is 0.662. The third-order valence-corrected chi connectivity index (χ3v) is 2.66. The van der Waals surface area contributed by atoms with Crippen LogP contribution in [0.5, 0.6) is 0 Å². The first kappa shape index (κ1) is 13.3. The van der Waals surface area contributed by atoms with Crippen LogP contribution < -0.4 is 10.6 Å². The lowest BCUT2D eigenvalue weighted by Crippen LogP contribution is -2.09. The molecule has 0 bridgehead atoms. The van der Waals surface area contributed by atoms with E-state index in [1.165, 1.54) is 5.56 Å². The number of nitrogens with zero attached hydrogens (tertiary/aromatic N) is 3. The minimum Gasteiger partial charge on any atom is -0.370 e. The smallest absolute Gasteiger partial charge is 0.224 e. The standard InChI is InChI=1S/C14H19N5/c1-2-7-16-13-6-11-18-14(19-13)17-10-5-12-3-8-15-9-4-12/h3-4,6,8-9,11H,2,5,7,10H2,1H3,(H2,16,17,18,19). The second kappa shape index (κ2) is 7.31. The van der Waals surface area contributed by atoms with Crippen LogP contribution in [0.2, 0.25) is 0 Å². The topological polar surface area (TPSA) is 62.7 Å². The maximum Gasteiger partial charge on any atom is 0.224 e. The lowest BCUT2D eigenvalue weighted by Gasteiger charge is -2.07. The van der Waals surface area contributed by atoms with Gasteiger partial charge in [0.2, 0.25) is 5.95 Å². The number of nitrogens with one attached hydrogen (secondary N) is 2. The van der Waals surface area contributed by atoms with E-state index in [2.05, 4.69) is 32.5 Å². The van der Waals surface area contributed by atoms with E-state index >= 15 is 0 Å². The number of hydrogen-bond donors (Lipinski definition) is 2. The zero-order valence-electron chi connectivity index (χ0n) is 11.1. The van der Waals surface area contributed by atoms with Gasteiger partial charge in [-0.3, -0.25) is 4.98 Å². The molecule has 0 aliphatic heterocycles. The fraction of sp³-hybridized carbons (Fsp3) is 0.357. The first-order valence-electron chi connectivity index (χ1n) is 6.58. The first-order chi connectivity index (χ1) is 9.38. The molecule has 0 saturated carbocycles. The Balaban J connectivity index is 1.82. The van der Waals surface area contributed by atoms with E-state index in [-0.39, 0.29) is 0 Å². The van der Waals surface area contributed by atoms with Crippen molar-refractivity contribution in [3.63, 3.8) is 0 Å². The highest BCUT2D eigenvalue weighted by Crippen LogP contribution is 2.06. The molecule has 2 N–H and O–H groups in total. The molecule has 2 rings (SSSR count). The van der Waals surface area contributed by atoms with E-state index < -0.39 is 0 Å². The summed E-state index contributed by atoms with van der Waals surface area (Å²) in [6, 6.07) is 5.91. The summed E-state index contributed by atoms with van der Waals surface area (Å²) in [5, 5.41) is 6.47. The van der Waals surface area contributed by atoms with Crippen molar-refractivity contribution in [2.75, 3.05) is 23.7 Å². The Kier molecular flexibility index (Phi) is 5.10. The van der Waals surface area contributed by atoms with Gasteiger partial charge in [0.1, 0.15) is 5.82 Å². The van der Waals surface area contributed by atoms with Crippen molar-refractivity contribution in [1.29, 1.82) is 0 Å². The third kappa shape index (κ3) is 4.54. The molecule has 5 heteroatoms. The Bertz CT molecular complexity index is 486. The van der Waals surface area contributed by atoms with Crippen LogP contribution in [-0.4, -0.2) is 28.0 Å². The molecule has 100 valence electrons. The lowest BCUT2D eigenvalue weighted by molar-refractivity contribution is 0.952. The molecule has 0 saturated heterocycles. The van der Waals surface area contributed by atoms with Crippen LogP contribution in [0.1, 0.15) is 18.9 Å².